The Morgan fingerprint density at radius 1 is 1.08 bits per heavy atom. The molecule has 1 aliphatic rings. The molecule has 1 amide bonds. The van der Waals surface area contributed by atoms with E-state index in [1.165, 1.54) is 0 Å². The molecule has 0 spiro atoms. The van der Waals surface area contributed by atoms with Crippen LogP contribution in [-0.2, 0) is 4.79 Å². The molecule has 3 aromatic rings. The van der Waals surface area contributed by atoms with Gasteiger partial charge in [0.25, 0.3) is 0 Å². The number of benzene rings is 2. The van der Waals surface area contributed by atoms with Gasteiger partial charge in [-0.25, -0.2) is 0 Å². The maximum atomic E-state index is 11.9. The smallest absolute Gasteiger partial charge is 0.322 e. The lowest BCUT2D eigenvalue weighted by molar-refractivity contribution is -0.116. The number of fused-ring (bicyclic) bond motifs is 1. The van der Waals surface area contributed by atoms with Crippen molar-refractivity contribution in [2.24, 2.45) is 0 Å². The number of nitrogens with zero attached hydrogens (tertiary/aromatic N) is 2. The fourth-order valence-corrected chi connectivity index (χ4v) is 2.38. The molecule has 132 valence electrons. The minimum Gasteiger partial charge on any atom is -0.493 e. The van der Waals surface area contributed by atoms with Crippen molar-refractivity contribution in [1.29, 1.82) is 0 Å². The van der Waals surface area contributed by atoms with Crippen molar-refractivity contribution in [3.05, 3.63) is 48.5 Å². The van der Waals surface area contributed by atoms with Crippen LogP contribution in [-0.4, -0.2) is 29.5 Å². The number of hydrogen-bond acceptors (Lipinski definition) is 7. The summed E-state index contributed by atoms with van der Waals surface area (Å²) in [6, 6.07) is 14.6. The van der Waals surface area contributed by atoms with Gasteiger partial charge in [0, 0.05) is 5.56 Å². The molecule has 0 atom stereocenters. The van der Waals surface area contributed by atoms with E-state index in [1.807, 2.05) is 30.3 Å². The zero-order valence-corrected chi connectivity index (χ0v) is 13.7. The van der Waals surface area contributed by atoms with Crippen molar-refractivity contribution in [1.82, 2.24) is 10.2 Å². The van der Waals surface area contributed by atoms with Crippen LogP contribution < -0.4 is 19.5 Å². The van der Waals surface area contributed by atoms with Gasteiger partial charge in [-0.05, 0) is 30.3 Å². The highest BCUT2D eigenvalue weighted by Crippen LogP contribution is 2.35. The highest BCUT2D eigenvalue weighted by atomic mass is 16.7. The van der Waals surface area contributed by atoms with E-state index in [9.17, 15) is 4.79 Å². The third kappa shape index (κ3) is 3.59. The molecule has 0 fully saturated rings. The van der Waals surface area contributed by atoms with Crippen LogP contribution in [0.5, 0.6) is 17.2 Å². The van der Waals surface area contributed by atoms with Crippen molar-refractivity contribution >= 4 is 11.9 Å². The average molecular weight is 353 g/mol. The second-order valence-electron chi connectivity index (χ2n) is 5.44. The molecule has 1 N–H and O–H groups in total. The normalized spacial score (nSPS) is 12.0. The largest absolute Gasteiger partial charge is 0.493 e. The van der Waals surface area contributed by atoms with Crippen LogP contribution in [0.3, 0.4) is 0 Å². The Morgan fingerprint density at radius 3 is 2.81 bits per heavy atom. The van der Waals surface area contributed by atoms with Crippen molar-refractivity contribution in [3.63, 3.8) is 0 Å². The zero-order chi connectivity index (χ0) is 17.8. The molecule has 8 nitrogen and oxygen atoms in total. The van der Waals surface area contributed by atoms with Gasteiger partial charge in [-0.2, -0.15) is 0 Å². The van der Waals surface area contributed by atoms with E-state index in [0.29, 0.717) is 22.8 Å². The first-order chi connectivity index (χ1) is 12.8. The summed E-state index contributed by atoms with van der Waals surface area (Å²) in [4.78, 5) is 11.9. The van der Waals surface area contributed by atoms with Gasteiger partial charge in [0.1, 0.15) is 5.75 Å². The highest BCUT2D eigenvalue weighted by molar-refractivity contribution is 5.88. The molecule has 2 heterocycles. The van der Waals surface area contributed by atoms with Crippen LogP contribution in [0.25, 0.3) is 11.5 Å². The average Bonchev–Trinajstić information content (AvgIpc) is 3.31. The molecule has 0 saturated carbocycles. The third-order valence-electron chi connectivity index (χ3n) is 3.63. The Hall–Kier alpha value is -3.55. The Morgan fingerprint density at radius 2 is 1.92 bits per heavy atom. The monoisotopic (exact) mass is 353 g/mol. The lowest BCUT2D eigenvalue weighted by atomic mass is 10.2. The molecule has 1 aromatic heterocycles. The number of amides is 1. The number of carbonyl (C=O) groups excluding carboxylic acids is 1. The van der Waals surface area contributed by atoms with E-state index in [0.717, 1.165) is 0 Å². The van der Waals surface area contributed by atoms with E-state index in [2.05, 4.69) is 15.5 Å². The molecule has 0 saturated heterocycles. The van der Waals surface area contributed by atoms with Crippen LogP contribution in [0.15, 0.2) is 52.9 Å². The van der Waals surface area contributed by atoms with Crippen LogP contribution in [0, 0.1) is 0 Å². The number of aromatic nitrogens is 2. The molecule has 2 aromatic carbocycles. The van der Waals surface area contributed by atoms with Crippen molar-refractivity contribution in [2.75, 3.05) is 18.7 Å². The van der Waals surface area contributed by atoms with Gasteiger partial charge in [-0.15, -0.1) is 5.10 Å². The van der Waals surface area contributed by atoms with Gasteiger partial charge < -0.3 is 18.6 Å². The fourth-order valence-electron chi connectivity index (χ4n) is 2.38. The van der Waals surface area contributed by atoms with E-state index >= 15 is 0 Å². The Labute approximate surface area is 148 Å². The number of hydrogen-bond donors (Lipinski definition) is 1. The summed E-state index contributed by atoms with van der Waals surface area (Å²) < 4.78 is 21.5. The summed E-state index contributed by atoms with van der Waals surface area (Å²) >= 11 is 0. The molecule has 0 aliphatic carbocycles. The lowest BCUT2D eigenvalue weighted by Crippen LogP contribution is -2.15. The van der Waals surface area contributed by atoms with Crippen LogP contribution in [0.2, 0.25) is 0 Å². The number of rotatable bonds is 6. The first kappa shape index (κ1) is 15.9. The van der Waals surface area contributed by atoms with Gasteiger partial charge in [0.15, 0.2) is 11.5 Å². The standard InChI is InChI=1S/C18H15N3O5/c22-16(8-9-23-13-4-2-1-3-5-13)19-18-21-20-17(26-18)12-6-7-14-15(10-12)25-11-24-14/h1-7,10H,8-9,11H2,(H,19,21,22). The molecular weight excluding hydrogens is 338 g/mol. The van der Waals surface area contributed by atoms with Gasteiger partial charge >= 0.3 is 6.01 Å². The highest BCUT2D eigenvalue weighted by Gasteiger charge is 2.17. The van der Waals surface area contributed by atoms with Gasteiger partial charge in [0.2, 0.25) is 18.6 Å². The molecule has 1 aliphatic heterocycles. The molecule has 26 heavy (non-hydrogen) atoms. The van der Waals surface area contributed by atoms with Crippen LogP contribution in [0.4, 0.5) is 6.01 Å². The first-order valence-corrected chi connectivity index (χ1v) is 7.99. The maximum absolute atomic E-state index is 11.9. The van der Waals surface area contributed by atoms with E-state index < -0.39 is 0 Å². The first-order valence-electron chi connectivity index (χ1n) is 7.99. The lowest BCUT2D eigenvalue weighted by Gasteiger charge is -2.04. The Kier molecular flexibility index (Phi) is 4.38. The maximum Gasteiger partial charge on any atom is 0.322 e. The van der Waals surface area contributed by atoms with Crippen molar-refractivity contribution in [3.8, 4) is 28.7 Å². The van der Waals surface area contributed by atoms with E-state index in [4.69, 9.17) is 18.6 Å². The topological polar surface area (TPSA) is 95.7 Å². The van der Waals surface area contributed by atoms with Gasteiger partial charge in [0.05, 0.1) is 13.0 Å². The number of nitrogens with one attached hydrogen (secondary N) is 1. The third-order valence-corrected chi connectivity index (χ3v) is 3.63. The molecule has 4 rings (SSSR count). The predicted octanol–water partition coefficient (Wildman–Crippen LogP) is 2.87. The number of para-hydroxylation sites is 1. The van der Waals surface area contributed by atoms with E-state index in [-0.39, 0.29) is 37.6 Å². The number of carbonyl (C=O) groups is 1. The summed E-state index contributed by atoms with van der Waals surface area (Å²) in [6.07, 6.45) is 0.163. The Balaban J connectivity index is 1.32. The SMILES string of the molecule is O=C(CCOc1ccccc1)Nc1nnc(-c2ccc3c(c2)OCO3)o1. The molecule has 0 unspecified atom stereocenters. The molecule has 8 heteroatoms. The van der Waals surface area contributed by atoms with Gasteiger partial charge in [-0.3, -0.25) is 10.1 Å². The molecular formula is C18H15N3O5. The molecule has 0 radical (unpaired) electrons. The Bertz CT molecular complexity index is 910. The second-order valence-corrected chi connectivity index (χ2v) is 5.44. The van der Waals surface area contributed by atoms with Crippen molar-refractivity contribution in [2.45, 2.75) is 6.42 Å². The summed E-state index contributed by atoms with van der Waals surface area (Å²) in [5.74, 6) is 1.99. The quantitative estimate of drug-likeness (QED) is 0.728. The van der Waals surface area contributed by atoms with Crippen LogP contribution >= 0.6 is 0 Å². The second kappa shape index (κ2) is 7.14. The van der Waals surface area contributed by atoms with Gasteiger partial charge in [-0.1, -0.05) is 23.3 Å². The predicted molar refractivity (Wildman–Crippen MR) is 91.0 cm³/mol. The van der Waals surface area contributed by atoms with E-state index in [1.54, 1.807) is 18.2 Å². The summed E-state index contributed by atoms with van der Waals surface area (Å²) in [6.45, 7) is 0.438. The summed E-state index contributed by atoms with van der Waals surface area (Å²) in [5.41, 5.74) is 0.676. The van der Waals surface area contributed by atoms with Crippen LogP contribution in [0.1, 0.15) is 6.42 Å². The fraction of sp³-hybridized carbons (Fsp3) is 0.167. The summed E-state index contributed by atoms with van der Waals surface area (Å²) in [5, 5.41) is 10.3. The minimum absolute atomic E-state index is 0.0300. The van der Waals surface area contributed by atoms with Crippen molar-refractivity contribution < 1.29 is 23.4 Å². The number of ether oxygens (including phenoxy) is 3. The molecule has 0 bridgehead atoms. The summed E-state index contributed by atoms with van der Waals surface area (Å²) in [7, 11) is 0. The zero-order valence-electron chi connectivity index (χ0n) is 13.7. The minimum atomic E-state index is -0.276. The number of anilines is 1.